The van der Waals surface area contributed by atoms with Crippen LogP contribution in [0.4, 0.5) is 5.69 Å². The third-order valence-corrected chi connectivity index (χ3v) is 4.67. The summed E-state index contributed by atoms with van der Waals surface area (Å²) in [4.78, 5) is 25.1. The van der Waals surface area contributed by atoms with E-state index in [2.05, 4.69) is 5.32 Å². The molecule has 4 heteroatoms. The summed E-state index contributed by atoms with van der Waals surface area (Å²) in [5, 5.41) is 13.7. The van der Waals surface area contributed by atoms with Gasteiger partial charge in [-0.05, 0) is 43.5 Å². The lowest BCUT2D eigenvalue weighted by Crippen LogP contribution is -2.36. The van der Waals surface area contributed by atoms with Crippen molar-refractivity contribution in [3.8, 4) is 0 Å². The zero-order chi connectivity index (χ0) is 17.5. The smallest absolute Gasteiger partial charge is 0.261 e. The second-order valence-corrected chi connectivity index (χ2v) is 6.47. The molecule has 2 aromatic carbocycles. The van der Waals surface area contributed by atoms with Crippen molar-refractivity contribution in [1.29, 1.82) is 0 Å². The Morgan fingerprint density at radius 2 is 1.92 bits per heavy atom. The van der Waals surface area contributed by atoms with Crippen LogP contribution < -0.4 is 5.32 Å². The molecule has 24 heavy (non-hydrogen) atoms. The van der Waals surface area contributed by atoms with Crippen LogP contribution in [0.1, 0.15) is 46.0 Å². The van der Waals surface area contributed by atoms with Crippen molar-refractivity contribution in [3.63, 3.8) is 0 Å². The normalized spacial score (nSPS) is 19.1. The third kappa shape index (κ3) is 2.63. The van der Waals surface area contributed by atoms with Crippen LogP contribution in [0.25, 0.3) is 0 Å². The van der Waals surface area contributed by atoms with E-state index in [1.54, 1.807) is 12.1 Å². The molecule has 1 aliphatic rings. The molecule has 0 saturated carbocycles. The summed E-state index contributed by atoms with van der Waals surface area (Å²) in [5.41, 5.74) is 2.64. The molecule has 3 rings (SSSR count). The lowest BCUT2D eigenvalue weighted by Gasteiger charge is -2.21. The largest absolute Gasteiger partial charge is 0.375 e. The number of aryl methyl sites for hydroxylation is 3. The summed E-state index contributed by atoms with van der Waals surface area (Å²) in [6.45, 7) is 5.77. The first kappa shape index (κ1) is 16.4. The molecule has 0 saturated heterocycles. The number of hydrogen-bond acceptors (Lipinski definition) is 3. The Morgan fingerprint density at radius 3 is 2.62 bits per heavy atom. The van der Waals surface area contributed by atoms with Crippen LogP contribution in [0.15, 0.2) is 36.4 Å². The van der Waals surface area contributed by atoms with Crippen molar-refractivity contribution in [2.24, 2.45) is 0 Å². The van der Waals surface area contributed by atoms with Crippen LogP contribution in [0.5, 0.6) is 0 Å². The first-order valence-electron chi connectivity index (χ1n) is 8.13. The summed E-state index contributed by atoms with van der Waals surface area (Å²) in [5.74, 6) is -0.770. The minimum atomic E-state index is -1.81. The fourth-order valence-corrected chi connectivity index (χ4v) is 3.15. The maximum atomic E-state index is 12.7. The average Bonchev–Trinajstić information content (AvgIpc) is 2.80. The molecule has 1 amide bonds. The number of anilines is 1. The Bertz CT molecular complexity index is 841. The lowest BCUT2D eigenvalue weighted by molar-refractivity contribution is -0.133. The molecule has 0 fully saturated rings. The molecule has 0 spiro atoms. The fourth-order valence-electron chi connectivity index (χ4n) is 3.15. The average molecular weight is 323 g/mol. The summed E-state index contributed by atoms with van der Waals surface area (Å²) in [7, 11) is 0. The first-order valence-corrected chi connectivity index (χ1v) is 8.13. The van der Waals surface area contributed by atoms with Gasteiger partial charge in [-0.25, -0.2) is 0 Å². The van der Waals surface area contributed by atoms with Crippen molar-refractivity contribution in [2.45, 2.75) is 39.2 Å². The number of hydrogen-bond donors (Lipinski definition) is 2. The molecule has 0 radical (unpaired) electrons. The van der Waals surface area contributed by atoms with Crippen LogP contribution >= 0.6 is 0 Å². The predicted octanol–water partition coefficient (Wildman–Crippen LogP) is 3.28. The van der Waals surface area contributed by atoms with Gasteiger partial charge >= 0.3 is 0 Å². The molecular weight excluding hydrogens is 302 g/mol. The van der Waals surface area contributed by atoms with E-state index >= 15 is 0 Å². The second kappa shape index (κ2) is 5.87. The van der Waals surface area contributed by atoms with Crippen LogP contribution in [-0.2, 0) is 16.8 Å². The Balaban J connectivity index is 1.99. The van der Waals surface area contributed by atoms with Crippen molar-refractivity contribution in [3.05, 3.63) is 64.2 Å². The Hall–Kier alpha value is -2.46. The number of aliphatic hydroxyl groups is 1. The van der Waals surface area contributed by atoms with Gasteiger partial charge in [-0.15, -0.1) is 0 Å². The summed E-state index contributed by atoms with van der Waals surface area (Å²) < 4.78 is 0. The highest BCUT2D eigenvalue weighted by Crippen LogP contribution is 2.39. The van der Waals surface area contributed by atoms with Crippen molar-refractivity contribution in [2.75, 3.05) is 5.32 Å². The fraction of sp³-hybridized carbons (Fsp3) is 0.300. The van der Waals surface area contributed by atoms with Crippen LogP contribution in [0, 0.1) is 13.8 Å². The maximum absolute atomic E-state index is 12.7. The van der Waals surface area contributed by atoms with Gasteiger partial charge in [0.05, 0.1) is 6.42 Å². The van der Waals surface area contributed by atoms with Gasteiger partial charge < -0.3 is 10.4 Å². The molecule has 124 valence electrons. The molecular formula is C20H21NO3. The highest BCUT2D eigenvalue weighted by Gasteiger charge is 2.47. The number of amides is 1. The van der Waals surface area contributed by atoms with Gasteiger partial charge in [-0.2, -0.15) is 0 Å². The summed E-state index contributed by atoms with van der Waals surface area (Å²) in [6.07, 6.45) is 0.534. The number of rotatable bonds is 4. The van der Waals surface area contributed by atoms with Crippen molar-refractivity contribution < 1.29 is 14.7 Å². The van der Waals surface area contributed by atoms with E-state index in [1.165, 1.54) is 0 Å². The van der Waals surface area contributed by atoms with Gasteiger partial charge in [0.25, 0.3) is 5.91 Å². The van der Waals surface area contributed by atoms with Crippen molar-refractivity contribution in [1.82, 2.24) is 0 Å². The van der Waals surface area contributed by atoms with E-state index in [1.807, 2.05) is 45.0 Å². The van der Waals surface area contributed by atoms with Crippen LogP contribution in [0.2, 0.25) is 0 Å². The number of nitrogens with one attached hydrogen (secondary N) is 1. The summed E-state index contributed by atoms with van der Waals surface area (Å²) in [6, 6.07) is 11.1. The number of carbonyl (C=O) groups excluding carboxylic acids is 2. The molecule has 1 heterocycles. The third-order valence-electron chi connectivity index (χ3n) is 4.67. The van der Waals surface area contributed by atoms with Crippen LogP contribution in [-0.4, -0.2) is 16.8 Å². The van der Waals surface area contributed by atoms with Crippen LogP contribution in [0.3, 0.4) is 0 Å². The Kier molecular flexibility index (Phi) is 4.01. The quantitative estimate of drug-likeness (QED) is 0.849. The van der Waals surface area contributed by atoms with E-state index in [0.29, 0.717) is 16.8 Å². The molecule has 0 aromatic heterocycles. The number of Topliss-reactive ketones (excluding diaryl/α,β-unsaturated/α-hetero) is 1. The predicted molar refractivity (Wildman–Crippen MR) is 93.2 cm³/mol. The van der Waals surface area contributed by atoms with Gasteiger partial charge in [0.15, 0.2) is 11.4 Å². The van der Waals surface area contributed by atoms with Gasteiger partial charge in [0.2, 0.25) is 0 Å². The molecule has 1 aliphatic heterocycles. The van der Waals surface area contributed by atoms with E-state index in [4.69, 9.17) is 0 Å². The number of ketones is 1. The van der Waals surface area contributed by atoms with Gasteiger partial charge in [0, 0.05) is 16.8 Å². The van der Waals surface area contributed by atoms with E-state index < -0.39 is 11.5 Å². The monoisotopic (exact) mass is 323 g/mol. The number of carbonyl (C=O) groups is 2. The molecule has 4 nitrogen and oxygen atoms in total. The molecule has 2 aromatic rings. The van der Waals surface area contributed by atoms with Gasteiger partial charge in [0.1, 0.15) is 0 Å². The maximum Gasteiger partial charge on any atom is 0.261 e. The zero-order valence-corrected chi connectivity index (χ0v) is 14.1. The SMILES string of the molecule is CCc1ccc2c(c1)C(O)(CC(=O)c1cc(C)ccc1C)C(=O)N2. The first-order chi connectivity index (χ1) is 11.3. The van der Waals surface area contributed by atoms with Gasteiger partial charge in [-0.3, -0.25) is 9.59 Å². The minimum Gasteiger partial charge on any atom is -0.375 e. The molecule has 1 atom stereocenters. The highest BCUT2D eigenvalue weighted by molar-refractivity contribution is 6.09. The summed E-state index contributed by atoms with van der Waals surface area (Å²) >= 11 is 0. The molecule has 0 aliphatic carbocycles. The highest BCUT2D eigenvalue weighted by atomic mass is 16.3. The van der Waals surface area contributed by atoms with Gasteiger partial charge in [-0.1, -0.05) is 36.8 Å². The second-order valence-electron chi connectivity index (χ2n) is 6.47. The van der Waals surface area contributed by atoms with Crippen molar-refractivity contribution >= 4 is 17.4 Å². The Morgan fingerprint density at radius 1 is 1.17 bits per heavy atom. The van der Waals surface area contributed by atoms with E-state index in [9.17, 15) is 14.7 Å². The minimum absolute atomic E-state index is 0.233. The standard InChI is InChI=1S/C20H21NO3/c1-4-14-7-8-17-16(10-14)20(24,19(23)21-17)11-18(22)15-9-12(2)5-6-13(15)3/h5-10,24H,4,11H2,1-3H3,(H,21,23). The number of benzene rings is 2. The Labute approximate surface area is 141 Å². The number of fused-ring (bicyclic) bond motifs is 1. The lowest BCUT2D eigenvalue weighted by atomic mass is 9.86. The zero-order valence-electron chi connectivity index (χ0n) is 14.1. The molecule has 0 bridgehead atoms. The topological polar surface area (TPSA) is 66.4 Å². The van der Waals surface area contributed by atoms with E-state index in [-0.39, 0.29) is 12.2 Å². The molecule has 1 unspecified atom stereocenters. The van der Waals surface area contributed by atoms with E-state index in [0.717, 1.165) is 23.1 Å². The molecule has 2 N–H and O–H groups in total.